The quantitative estimate of drug-likeness (QED) is 0.242. The number of anilines is 1. The van der Waals surface area contributed by atoms with E-state index < -0.39 is 26.5 Å². The summed E-state index contributed by atoms with van der Waals surface area (Å²) in [4.78, 5) is 25.5. The van der Waals surface area contributed by atoms with Crippen LogP contribution in [0.1, 0.15) is 82.9 Å². The minimum Gasteiger partial charge on any atom is -0.744 e. The molecule has 154 valence electrons. The van der Waals surface area contributed by atoms with Crippen LogP contribution in [0.5, 0.6) is 0 Å². The van der Waals surface area contributed by atoms with E-state index in [2.05, 4.69) is 6.92 Å². The van der Waals surface area contributed by atoms with E-state index in [4.69, 9.17) is 5.73 Å². The average molecular weight is 437 g/mol. The fourth-order valence-corrected chi connectivity index (χ4v) is 4.53. The van der Waals surface area contributed by atoms with Crippen LogP contribution in [0.2, 0.25) is 0 Å². The third-order valence-corrected chi connectivity index (χ3v) is 6.23. The van der Waals surface area contributed by atoms with Gasteiger partial charge in [-0.15, -0.1) is 0 Å². The Morgan fingerprint density at radius 3 is 2.00 bits per heavy atom. The normalized spacial score (nSPS) is 12.9. The molecular weight excluding hydrogens is 413 g/mol. The third kappa shape index (κ3) is 4.86. The van der Waals surface area contributed by atoms with E-state index >= 15 is 0 Å². The summed E-state index contributed by atoms with van der Waals surface area (Å²) in [6, 6.07) is 7.55. The monoisotopic (exact) mass is 437 g/mol. The Bertz CT molecular complexity index is 1080. The van der Waals surface area contributed by atoms with Crippen molar-refractivity contribution >= 4 is 27.4 Å². The summed E-state index contributed by atoms with van der Waals surface area (Å²) in [5.41, 5.74) is 6.30. The van der Waals surface area contributed by atoms with Crippen molar-refractivity contribution in [2.45, 2.75) is 56.8 Å². The molecule has 2 aromatic carbocycles. The van der Waals surface area contributed by atoms with E-state index in [-0.39, 0.29) is 57.6 Å². The SMILES string of the molecule is CCCCCCCCc1cc(S(=O)(=O)[O-])c(N)c2c1C(=O)c1ccccc1C2=O.[Na+]. The van der Waals surface area contributed by atoms with Gasteiger partial charge < -0.3 is 10.3 Å². The van der Waals surface area contributed by atoms with E-state index in [1.807, 2.05) is 0 Å². The Kier molecular flexibility index (Phi) is 8.42. The molecule has 1 aliphatic carbocycles. The Morgan fingerprint density at radius 2 is 1.43 bits per heavy atom. The number of rotatable bonds is 8. The number of benzene rings is 2. The molecule has 30 heavy (non-hydrogen) atoms. The number of nitrogen functional groups attached to an aromatic ring is 1. The molecule has 0 saturated carbocycles. The van der Waals surface area contributed by atoms with Crippen molar-refractivity contribution in [1.82, 2.24) is 0 Å². The van der Waals surface area contributed by atoms with Gasteiger partial charge in [0.15, 0.2) is 11.6 Å². The molecule has 0 fully saturated rings. The maximum Gasteiger partial charge on any atom is 1.00 e. The first-order valence-corrected chi connectivity index (χ1v) is 11.3. The third-order valence-electron chi connectivity index (χ3n) is 5.35. The largest absolute Gasteiger partial charge is 1.00 e. The van der Waals surface area contributed by atoms with Crippen molar-refractivity contribution < 1.29 is 52.1 Å². The zero-order chi connectivity index (χ0) is 21.2. The molecule has 0 saturated heterocycles. The molecule has 0 aliphatic heterocycles. The van der Waals surface area contributed by atoms with E-state index in [1.165, 1.54) is 12.1 Å². The van der Waals surface area contributed by atoms with Crippen molar-refractivity contribution in [3.05, 3.63) is 58.1 Å². The maximum absolute atomic E-state index is 13.1. The molecule has 1 aliphatic rings. The zero-order valence-corrected chi connectivity index (χ0v) is 20.2. The van der Waals surface area contributed by atoms with E-state index in [0.29, 0.717) is 12.0 Å². The Labute approximate surface area is 199 Å². The predicted molar refractivity (Wildman–Crippen MR) is 109 cm³/mol. The van der Waals surface area contributed by atoms with Gasteiger partial charge in [-0.3, -0.25) is 9.59 Å². The topological polar surface area (TPSA) is 117 Å². The fourth-order valence-electron chi connectivity index (χ4n) is 3.87. The Hall–Kier alpha value is -1.51. The van der Waals surface area contributed by atoms with Gasteiger partial charge in [-0.05, 0) is 24.5 Å². The van der Waals surface area contributed by atoms with Crippen molar-refractivity contribution in [2.24, 2.45) is 0 Å². The first kappa shape index (κ1) is 24.8. The number of carbonyl (C=O) groups excluding carboxylic acids is 2. The maximum atomic E-state index is 13.1. The van der Waals surface area contributed by atoms with Crippen molar-refractivity contribution in [3.8, 4) is 0 Å². The Balaban J connectivity index is 0.00000320. The molecule has 0 radical (unpaired) electrons. The van der Waals surface area contributed by atoms with Crippen LogP contribution in [0.3, 0.4) is 0 Å². The molecule has 0 aromatic heterocycles. The van der Waals surface area contributed by atoms with Crippen LogP contribution >= 0.6 is 0 Å². The fraction of sp³-hybridized carbons (Fsp3) is 0.364. The van der Waals surface area contributed by atoms with Gasteiger partial charge >= 0.3 is 29.6 Å². The summed E-state index contributed by atoms with van der Waals surface area (Å²) in [5, 5.41) is 0. The van der Waals surface area contributed by atoms with Crippen molar-refractivity contribution in [3.63, 3.8) is 0 Å². The van der Waals surface area contributed by atoms with Crippen LogP contribution in [-0.2, 0) is 16.5 Å². The summed E-state index contributed by atoms with van der Waals surface area (Å²) in [6.45, 7) is 2.13. The average Bonchev–Trinajstić information content (AvgIpc) is 2.68. The van der Waals surface area contributed by atoms with Gasteiger partial charge in [-0.1, -0.05) is 63.3 Å². The number of unbranched alkanes of at least 4 members (excludes halogenated alkanes) is 5. The summed E-state index contributed by atoms with van der Waals surface area (Å²) >= 11 is 0. The minimum atomic E-state index is -4.89. The summed E-state index contributed by atoms with van der Waals surface area (Å²) < 4.78 is 35.2. The molecule has 2 N–H and O–H groups in total. The summed E-state index contributed by atoms with van der Waals surface area (Å²) in [6.07, 6.45) is 6.47. The second-order valence-electron chi connectivity index (χ2n) is 7.37. The molecule has 0 spiro atoms. The van der Waals surface area contributed by atoms with Gasteiger partial charge in [0.1, 0.15) is 10.1 Å². The molecule has 0 amide bonds. The Morgan fingerprint density at radius 1 is 0.900 bits per heavy atom. The van der Waals surface area contributed by atoms with Crippen molar-refractivity contribution in [2.75, 3.05) is 5.73 Å². The van der Waals surface area contributed by atoms with Gasteiger partial charge in [0.25, 0.3) is 0 Å². The second kappa shape index (κ2) is 10.2. The number of aryl methyl sites for hydroxylation is 1. The standard InChI is InChI=1S/C22H25NO5S.Na/c1-2-3-4-5-6-7-10-14-13-17(29(26,27)28)20(23)19-18(14)21(24)15-11-8-9-12-16(15)22(19)25;/h8-9,11-13H,2-7,10,23H2,1H3,(H,26,27,28);/q;+1/p-1. The second-order valence-corrected chi connectivity index (χ2v) is 8.72. The smallest absolute Gasteiger partial charge is 0.744 e. The van der Waals surface area contributed by atoms with Crippen LogP contribution in [0, 0.1) is 0 Å². The molecule has 2 aromatic rings. The number of fused-ring (bicyclic) bond motifs is 2. The van der Waals surface area contributed by atoms with Crippen LogP contribution < -0.4 is 35.3 Å². The molecule has 0 heterocycles. The van der Waals surface area contributed by atoms with E-state index in [1.54, 1.807) is 18.2 Å². The molecule has 6 nitrogen and oxygen atoms in total. The molecule has 0 unspecified atom stereocenters. The van der Waals surface area contributed by atoms with Gasteiger partial charge in [0, 0.05) is 16.7 Å². The number of nitrogens with two attached hydrogens (primary N) is 1. The number of ketones is 2. The molecular formula is C22H24NNaO5S. The molecule has 3 rings (SSSR count). The van der Waals surface area contributed by atoms with Crippen LogP contribution in [0.15, 0.2) is 35.2 Å². The van der Waals surface area contributed by atoms with Crippen LogP contribution in [0.4, 0.5) is 5.69 Å². The van der Waals surface area contributed by atoms with Gasteiger partial charge in [0.2, 0.25) is 0 Å². The molecule has 0 bridgehead atoms. The van der Waals surface area contributed by atoms with Crippen LogP contribution in [0.25, 0.3) is 0 Å². The summed E-state index contributed by atoms with van der Waals surface area (Å²) in [7, 11) is -4.89. The number of carbonyl (C=O) groups is 2. The summed E-state index contributed by atoms with van der Waals surface area (Å²) in [5.74, 6) is -0.889. The van der Waals surface area contributed by atoms with E-state index in [9.17, 15) is 22.6 Å². The minimum absolute atomic E-state index is 0. The van der Waals surface area contributed by atoms with Crippen molar-refractivity contribution in [1.29, 1.82) is 0 Å². The van der Waals surface area contributed by atoms with Gasteiger partial charge in [0.05, 0.1) is 16.1 Å². The van der Waals surface area contributed by atoms with E-state index in [0.717, 1.165) is 38.5 Å². The number of hydrogen-bond acceptors (Lipinski definition) is 6. The first-order valence-electron chi connectivity index (χ1n) is 9.87. The number of hydrogen-bond donors (Lipinski definition) is 1. The van der Waals surface area contributed by atoms with Gasteiger partial charge in [-0.2, -0.15) is 0 Å². The first-order chi connectivity index (χ1) is 13.8. The van der Waals surface area contributed by atoms with Gasteiger partial charge in [-0.25, -0.2) is 8.42 Å². The zero-order valence-electron chi connectivity index (χ0n) is 17.4. The van der Waals surface area contributed by atoms with Crippen LogP contribution in [-0.4, -0.2) is 24.5 Å². The molecule has 8 heteroatoms. The predicted octanol–water partition coefficient (Wildman–Crippen LogP) is 0.855. The molecule has 0 atom stereocenters.